The summed E-state index contributed by atoms with van der Waals surface area (Å²) in [6.07, 6.45) is 1.36. The highest BCUT2D eigenvalue weighted by Gasteiger charge is 2.16. The summed E-state index contributed by atoms with van der Waals surface area (Å²) in [4.78, 5) is 21.4. The summed E-state index contributed by atoms with van der Waals surface area (Å²) in [7, 11) is 0. The van der Waals surface area contributed by atoms with Gasteiger partial charge in [0.15, 0.2) is 11.2 Å². The van der Waals surface area contributed by atoms with E-state index in [0.29, 0.717) is 27.7 Å². The van der Waals surface area contributed by atoms with E-state index in [-0.39, 0.29) is 23.8 Å². The van der Waals surface area contributed by atoms with E-state index in [0.717, 1.165) is 0 Å². The maximum absolute atomic E-state index is 13.1. The van der Waals surface area contributed by atoms with Crippen molar-refractivity contribution in [3.63, 3.8) is 0 Å². The summed E-state index contributed by atoms with van der Waals surface area (Å²) < 4.78 is 21.0. The normalized spacial score (nSPS) is 11.3. The average molecular weight is 424 g/mol. The van der Waals surface area contributed by atoms with Crippen LogP contribution in [0.1, 0.15) is 5.89 Å². The molecule has 0 aliphatic rings. The van der Waals surface area contributed by atoms with E-state index in [1.807, 2.05) is 0 Å². The second-order valence-corrected chi connectivity index (χ2v) is 6.79. The van der Waals surface area contributed by atoms with Gasteiger partial charge in [-0.25, -0.2) is 9.37 Å². The first-order valence-electron chi connectivity index (χ1n) is 8.74. The van der Waals surface area contributed by atoms with E-state index in [4.69, 9.17) is 16.1 Å². The highest BCUT2D eigenvalue weighted by molar-refractivity contribution is 6.30. The SMILES string of the molecule is O=c1c2nnn(-c3cccc(Cl)c3)c2ncn1Cc1nc(-c2ccc(F)cc2)no1. The molecule has 0 aliphatic heterocycles. The molecule has 0 spiro atoms. The van der Waals surface area contributed by atoms with Gasteiger partial charge in [-0.3, -0.25) is 9.36 Å². The van der Waals surface area contributed by atoms with Crippen LogP contribution in [0.4, 0.5) is 4.39 Å². The van der Waals surface area contributed by atoms with Crippen molar-refractivity contribution in [2.24, 2.45) is 0 Å². The lowest BCUT2D eigenvalue weighted by molar-refractivity contribution is 0.369. The van der Waals surface area contributed by atoms with Gasteiger partial charge in [-0.2, -0.15) is 9.67 Å². The topological polar surface area (TPSA) is 105 Å². The maximum atomic E-state index is 13.1. The van der Waals surface area contributed by atoms with E-state index in [2.05, 4.69) is 25.4 Å². The standard InChI is InChI=1S/C19H11ClFN7O2/c20-12-2-1-3-14(8-12)28-18-16(24-26-28)19(29)27(10-22-18)9-15-23-17(25-30-15)11-4-6-13(21)7-5-11/h1-8,10H,9H2. The third kappa shape index (κ3) is 3.22. The van der Waals surface area contributed by atoms with Crippen LogP contribution in [0.5, 0.6) is 0 Å². The molecule has 30 heavy (non-hydrogen) atoms. The van der Waals surface area contributed by atoms with Crippen molar-refractivity contribution in [2.45, 2.75) is 6.54 Å². The van der Waals surface area contributed by atoms with Crippen molar-refractivity contribution in [1.29, 1.82) is 0 Å². The van der Waals surface area contributed by atoms with Gasteiger partial charge in [0.05, 0.1) is 5.69 Å². The number of halogens is 2. The molecule has 0 saturated carbocycles. The number of hydrogen-bond acceptors (Lipinski definition) is 7. The van der Waals surface area contributed by atoms with Crippen molar-refractivity contribution in [1.82, 2.24) is 34.7 Å². The Balaban J connectivity index is 1.47. The number of benzene rings is 2. The van der Waals surface area contributed by atoms with Crippen LogP contribution in [0.25, 0.3) is 28.2 Å². The van der Waals surface area contributed by atoms with Crippen molar-refractivity contribution >= 4 is 22.8 Å². The molecule has 0 radical (unpaired) electrons. The van der Waals surface area contributed by atoms with Crippen molar-refractivity contribution in [3.05, 3.63) is 81.9 Å². The minimum Gasteiger partial charge on any atom is -0.337 e. The largest absolute Gasteiger partial charge is 0.337 e. The zero-order valence-electron chi connectivity index (χ0n) is 15.1. The van der Waals surface area contributed by atoms with Gasteiger partial charge in [0, 0.05) is 10.6 Å². The predicted molar refractivity (Wildman–Crippen MR) is 105 cm³/mol. The van der Waals surface area contributed by atoms with Gasteiger partial charge in [-0.1, -0.05) is 28.0 Å². The number of nitrogens with zero attached hydrogens (tertiary/aromatic N) is 7. The van der Waals surface area contributed by atoms with Crippen molar-refractivity contribution in [2.75, 3.05) is 0 Å². The molecule has 11 heteroatoms. The van der Waals surface area contributed by atoms with Crippen LogP contribution in [0.2, 0.25) is 5.02 Å². The first-order valence-corrected chi connectivity index (χ1v) is 9.11. The van der Waals surface area contributed by atoms with Crippen molar-refractivity contribution in [3.8, 4) is 17.1 Å². The van der Waals surface area contributed by atoms with Gasteiger partial charge in [0.1, 0.15) is 18.7 Å². The molecule has 0 fully saturated rings. The minimum atomic E-state index is -0.408. The lowest BCUT2D eigenvalue weighted by Gasteiger charge is -2.03. The van der Waals surface area contributed by atoms with Gasteiger partial charge in [-0.15, -0.1) is 5.10 Å². The lowest BCUT2D eigenvalue weighted by Crippen LogP contribution is -2.21. The second kappa shape index (κ2) is 7.16. The quantitative estimate of drug-likeness (QED) is 0.437. The van der Waals surface area contributed by atoms with Gasteiger partial charge in [-0.05, 0) is 42.5 Å². The Bertz CT molecular complexity index is 1430. The summed E-state index contributed by atoms with van der Waals surface area (Å²) in [5.41, 5.74) is 1.22. The molecule has 3 aromatic heterocycles. The van der Waals surface area contributed by atoms with Gasteiger partial charge in [0.2, 0.25) is 11.7 Å². The summed E-state index contributed by atoms with van der Waals surface area (Å²) in [5.74, 6) is 0.123. The molecular weight excluding hydrogens is 413 g/mol. The molecule has 0 amide bonds. The number of rotatable bonds is 4. The van der Waals surface area contributed by atoms with E-state index in [9.17, 15) is 9.18 Å². The fourth-order valence-corrected chi connectivity index (χ4v) is 3.10. The van der Waals surface area contributed by atoms with Crippen LogP contribution < -0.4 is 5.56 Å². The third-order valence-corrected chi connectivity index (χ3v) is 4.59. The highest BCUT2D eigenvalue weighted by Crippen LogP contribution is 2.18. The fraction of sp³-hybridized carbons (Fsp3) is 0.0526. The van der Waals surface area contributed by atoms with Crippen LogP contribution in [0, 0.1) is 5.82 Å². The lowest BCUT2D eigenvalue weighted by atomic mass is 10.2. The van der Waals surface area contributed by atoms with E-state index >= 15 is 0 Å². The Morgan fingerprint density at radius 1 is 1.13 bits per heavy atom. The molecule has 5 rings (SSSR count). The predicted octanol–water partition coefficient (Wildman–Crippen LogP) is 2.87. The molecule has 148 valence electrons. The van der Waals surface area contributed by atoms with Crippen LogP contribution in [0.15, 0.2) is 64.2 Å². The summed E-state index contributed by atoms with van der Waals surface area (Å²) in [5, 5.41) is 12.4. The Hall–Kier alpha value is -3.92. The molecule has 0 atom stereocenters. The first kappa shape index (κ1) is 18.1. The molecule has 0 saturated heterocycles. The molecular formula is C19H11ClFN7O2. The third-order valence-electron chi connectivity index (χ3n) is 4.36. The van der Waals surface area contributed by atoms with Crippen LogP contribution in [0.3, 0.4) is 0 Å². The first-order chi connectivity index (χ1) is 14.6. The summed E-state index contributed by atoms with van der Waals surface area (Å²) in [6, 6.07) is 12.7. The van der Waals surface area contributed by atoms with Crippen LogP contribution in [-0.2, 0) is 6.54 Å². The van der Waals surface area contributed by atoms with Crippen LogP contribution in [-0.4, -0.2) is 34.7 Å². The van der Waals surface area contributed by atoms with E-state index in [1.165, 1.54) is 39.8 Å². The smallest absolute Gasteiger partial charge is 0.284 e. The van der Waals surface area contributed by atoms with Gasteiger partial charge in [0.25, 0.3) is 5.56 Å². The maximum Gasteiger partial charge on any atom is 0.284 e. The molecule has 0 bridgehead atoms. The Kier molecular flexibility index (Phi) is 4.32. The van der Waals surface area contributed by atoms with E-state index in [1.54, 1.807) is 24.3 Å². The average Bonchev–Trinajstić information content (AvgIpc) is 3.38. The molecule has 3 heterocycles. The molecule has 0 unspecified atom stereocenters. The molecule has 9 nitrogen and oxygen atoms in total. The summed E-state index contributed by atoms with van der Waals surface area (Å²) in [6.45, 7) is -0.00000680. The monoisotopic (exact) mass is 423 g/mol. The highest BCUT2D eigenvalue weighted by atomic mass is 35.5. The Morgan fingerprint density at radius 3 is 2.77 bits per heavy atom. The Labute approximate surface area is 172 Å². The molecule has 0 aliphatic carbocycles. The minimum absolute atomic E-state index is 0.00000680. The molecule has 2 aromatic carbocycles. The van der Waals surface area contributed by atoms with Crippen LogP contribution >= 0.6 is 11.6 Å². The number of aromatic nitrogens is 7. The van der Waals surface area contributed by atoms with E-state index < -0.39 is 5.56 Å². The Morgan fingerprint density at radius 2 is 1.97 bits per heavy atom. The zero-order chi connectivity index (χ0) is 20.7. The molecule has 0 N–H and O–H groups in total. The fourth-order valence-electron chi connectivity index (χ4n) is 2.92. The zero-order valence-corrected chi connectivity index (χ0v) is 15.9. The van der Waals surface area contributed by atoms with Gasteiger partial charge < -0.3 is 4.52 Å². The molecule has 5 aromatic rings. The second-order valence-electron chi connectivity index (χ2n) is 6.35. The van der Waals surface area contributed by atoms with Crippen molar-refractivity contribution < 1.29 is 8.91 Å². The number of hydrogen-bond donors (Lipinski definition) is 0. The van der Waals surface area contributed by atoms with Gasteiger partial charge >= 0.3 is 0 Å². The number of fused-ring (bicyclic) bond motifs is 1. The summed E-state index contributed by atoms with van der Waals surface area (Å²) >= 11 is 6.02.